The van der Waals surface area contributed by atoms with Crippen LogP contribution in [0.5, 0.6) is 0 Å². The number of hydrogen-bond acceptors (Lipinski definition) is 5. The van der Waals surface area contributed by atoms with E-state index in [-0.39, 0.29) is 42.7 Å². The van der Waals surface area contributed by atoms with E-state index in [2.05, 4.69) is 4.98 Å². The van der Waals surface area contributed by atoms with Crippen molar-refractivity contribution in [2.45, 2.75) is 56.2 Å². The van der Waals surface area contributed by atoms with E-state index in [4.69, 9.17) is 11.5 Å². The Morgan fingerprint density at radius 3 is 2.52 bits per heavy atom. The zero-order valence-corrected chi connectivity index (χ0v) is 16.0. The zero-order valence-electron chi connectivity index (χ0n) is 16.0. The maximum atomic E-state index is 15.4. The number of likely N-dealkylation sites (tertiary alicyclic amines) is 1. The van der Waals surface area contributed by atoms with Gasteiger partial charge in [0.25, 0.3) is 11.5 Å². The maximum absolute atomic E-state index is 15.4. The largest absolute Gasteiger partial charge is 0.396 e. The predicted octanol–water partition coefficient (Wildman–Crippen LogP) is 0.868. The first-order valence-corrected chi connectivity index (χ1v) is 10.0. The van der Waals surface area contributed by atoms with Crippen molar-refractivity contribution in [2.75, 3.05) is 13.1 Å². The fraction of sp³-hybridized carbons (Fsp3) is 0.684. The normalized spacial score (nSPS) is 36.4. The van der Waals surface area contributed by atoms with E-state index in [9.17, 15) is 18.4 Å². The lowest BCUT2D eigenvalue weighted by molar-refractivity contribution is -0.0203. The fourth-order valence-electron chi connectivity index (χ4n) is 5.67. The molecule has 10 heteroatoms. The molecule has 0 radical (unpaired) electrons. The van der Waals surface area contributed by atoms with Crippen LogP contribution in [0.25, 0.3) is 5.70 Å². The minimum atomic E-state index is -2.90. The molecule has 1 aromatic heterocycles. The van der Waals surface area contributed by atoms with Crippen molar-refractivity contribution < 1.29 is 13.2 Å². The van der Waals surface area contributed by atoms with Gasteiger partial charge in [-0.25, -0.2) is 18.0 Å². The van der Waals surface area contributed by atoms with Crippen LogP contribution in [0.2, 0.25) is 0 Å². The molecule has 1 aliphatic heterocycles. The molecule has 3 aliphatic carbocycles. The van der Waals surface area contributed by atoms with Gasteiger partial charge in [0.2, 0.25) is 0 Å². The standard InChI is InChI=1S/C19H24F3N5O2/c1-7-14-11(17(28)25-18(29)27(14)9-2-3-9)13(23)12(20)15(7)26-5-8-4-19(21,22)16(24)10(8)6-26/h7-10,15-16H,2-6,23-24H2,1H3,(H,25,28,29). The van der Waals surface area contributed by atoms with Gasteiger partial charge in [0.05, 0.1) is 23.3 Å². The van der Waals surface area contributed by atoms with E-state index < -0.39 is 46.9 Å². The molecule has 4 aliphatic rings. The fourth-order valence-corrected chi connectivity index (χ4v) is 5.67. The van der Waals surface area contributed by atoms with E-state index in [1.807, 2.05) is 4.90 Å². The molecular formula is C19H24F3N5O2. The third-order valence-corrected chi connectivity index (χ3v) is 7.18. The van der Waals surface area contributed by atoms with E-state index in [1.54, 1.807) is 6.92 Å². The minimum absolute atomic E-state index is 0.0142. The number of nitrogens with two attached hydrogens (primary N) is 2. The molecule has 1 saturated heterocycles. The number of halogens is 3. The van der Waals surface area contributed by atoms with Crippen LogP contribution >= 0.6 is 0 Å². The Balaban J connectivity index is 1.57. The van der Waals surface area contributed by atoms with Crippen LogP contribution in [-0.4, -0.2) is 45.5 Å². The first-order chi connectivity index (χ1) is 13.6. The summed E-state index contributed by atoms with van der Waals surface area (Å²) in [5.41, 5.74) is 10.8. The molecule has 5 unspecified atom stereocenters. The summed E-state index contributed by atoms with van der Waals surface area (Å²) >= 11 is 0. The lowest BCUT2D eigenvalue weighted by Crippen LogP contribution is -2.48. The summed E-state index contributed by atoms with van der Waals surface area (Å²) in [5.74, 6) is -4.80. The molecule has 2 saturated carbocycles. The van der Waals surface area contributed by atoms with Gasteiger partial charge < -0.3 is 11.5 Å². The first-order valence-electron chi connectivity index (χ1n) is 10.0. The number of hydrogen-bond donors (Lipinski definition) is 3. The molecule has 29 heavy (non-hydrogen) atoms. The number of rotatable bonds is 2. The van der Waals surface area contributed by atoms with Crippen molar-refractivity contribution in [2.24, 2.45) is 23.3 Å². The number of alkyl halides is 2. The van der Waals surface area contributed by atoms with Crippen LogP contribution in [0.1, 0.15) is 49.4 Å². The van der Waals surface area contributed by atoms with E-state index >= 15 is 4.39 Å². The second kappa shape index (κ2) is 5.98. The molecule has 2 heterocycles. The van der Waals surface area contributed by atoms with Crippen molar-refractivity contribution in [3.8, 4) is 0 Å². The van der Waals surface area contributed by atoms with Gasteiger partial charge >= 0.3 is 5.69 Å². The summed E-state index contributed by atoms with van der Waals surface area (Å²) in [6.07, 6.45) is 1.31. The van der Waals surface area contributed by atoms with Crippen LogP contribution in [0.4, 0.5) is 13.2 Å². The molecule has 5 rings (SSSR count). The minimum Gasteiger partial charge on any atom is -0.396 e. The van der Waals surface area contributed by atoms with Crippen molar-refractivity contribution in [1.29, 1.82) is 0 Å². The smallest absolute Gasteiger partial charge is 0.328 e. The van der Waals surface area contributed by atoms with Crippen LogP contribution in [0, 0.1) is 11.8 Å². The topological polar surface area (TPSA) is 110 Å². The van der Waals surface area contributed by atoms with Crippen molar-refractivity contribution in [1.82, 2.24) is 14.5 Å². The summed E-state index contributed by atoms with van der Waals surface area (Å²) < 4.78 is 44.8. The van der Waals surface area contributed by atoms with Crippen molar-refractivity contribution in [3.63, 3.8) is 0 Å². The number of aromatic amines is 1. The van der Waals surface area contributed by atoms with Gasteiger partial charge in [-0.15, -0.1) is 0 Å². The summed E-state index contributed by atoms with van der Waals surface area (Å²) in [6, 6.07) is -2.09. The van der Waals surface area contributed by atoms with Gasteiger partial charge in [-0.1, -0.05) is 6.92 Å². The number of H-pyrrole nitrogens is 1. The van der Waals surface area contributed by atoms with Gasteiger partial charge in [-0.05, 0) is 24.7 Å². The van der Waals surface area contributed by atoms with Gasteiger partial charge in [0.1, 0.15) is 5.83 Å². The quantitative estimate of drug-likeness (QED) is 0.669. The number of nitrogens with zero attached hydrogens (tertiary/aromatic N) is 2. The highest BCUT2D eigenvalue weighted by Gasteiger charge is 2.58. The van der Waals surface area contributed by atoms with Crippen molar-refractivity contribution >= 4 is 5.70 Å². The zero-order chi connectivity index (χ0) is 20.8. The number of nitrogens with one attached hydrogen (secondary N) is 1. The number of aromatic nitrogens is 2. The summed E-state index contributed by atoms with van der Waals surface area (Å²) in [4.78, 5) is 29.0. The molecule has 5 N–H and O–H groups in total. The van der Waals surface area contributed by atoms with Gasteiger partial charge in [-0.2, -0.15) is 0 Å². The average molecular weight is 411 g/mol. The predicted molar refractivity (Wildman–Crippen MR) is 100 cm³/mol. The Bertz CT molecular complexity index is 1030. The van der Waals surface area contributed by atoms with E-state index in [1.165, 1.54) is 4.57 Å². The molecule has 3 fully saturated rings. The van der Waals surface area contributed by atoms with Gasteiger partial charge in [0, 0.05) is 37.2 Å². The third kappa shape index (κ3) is 2.58. The average Bonchev–Trinajstić information content (AvgIpc) is 3.35. The van der Waals surface area contributed by atoms with E-state index in [0.717, 1.165) is 12.8 Å². The van der Waals surface area contributed by atoms with E-state index in [0.29, 0.717) is 5.69 Å². The second-order valence-electron chi connectivity index (χ2n) is 8.98. The van der Waals surface area contributed by atoms with Gasteiger partial charge in [0.15, 0.2) is 0 Å². The summed E-state index contributed by atoms with van der Waals surface area (Å²) in [6.45, 7) is 2.29. The van der Waals surface area contributed by atoms with Crippen LogP contribution < -0.4 is 22.7 Å². The van der Waals surface area contributed by atoms with Crippen molar-refractivity contribution in [3.05, 3.63) is 37.9 Å². The first kappa shape index (κ1) is 18.9. The Morgan fingerprint density at radius 1 is 1.21 bits per heavy atom. The Hall–Kier alpha value is -2.07. The highest BCUT2D eigenvalue weighted by atomic mass is 19.3. The monoisotopic (exact) mass is 411 g/mol. The Morgan fingerprint density at radius 2 is 1.90 bits per heavy atom. The molecule has 0 spiro atoms. The molecule has 0 amide bonds. The second-order valence-corrected chi connectivity index (χ2v) is 8.98. The highest BCUT2D eigenvalue weighted by molar-refractivity contribution is 5.70. The summed E-state index contributed by atoms with van der Waals surface area (Å²) in [5, 5.41) is 0. The lowest BCUT2D eigenvalue weighted by Gasteiger charge is -2.38. The van der Waals surface area contributed by atoms with Gasteiger partial charge in [-0.3, -0.25) is 19.2 Å². The Kier molecular flexibility index (Phi) is 3.90. The molecule has 0 aromatic carbocycles. The molecule has 5 atom stereocenters. The highest BCUT2D eigenvalue weighted by Crippen LogP contribution is 2.49. The summed E-state index contributed by atoms with van der Waals surface area (Å²) in [7, 11) is 0. The molecule has 158 valence electrons. The Labute approximate surface area is 164 Å². The SMILES string of the molecule is CC1c2c(c(=O)[nH]c(=O)n2C2CC2)C(N)=C(F)C1N1CC2CC(F)(F)C(N)C2C1. The maximum Gasteiger partial charge on any atom is 0.328 e. The van der Waals surface area contributed by atoms with Crippen LogP contribution in [-0.2, 0) is 0 Å². The lowest BCUT2D eigenvalue weighted by atomic mass is 9.85. The molecule has 7 nitrogen and oxygen atoms in total. The molecular weight excluding hydrogens is 387 g/mol. The number of fused-ring (bicyclic) bond motifs is 2. The molecule has 1 aromatic rings. The molecule has 0 bridgehead atoms. The van der Waals surface area contributed by atoms with Crippen LogP contribution in [0.15, 0.2) is 15.4 Å². The third-order valence-electron chi connectivity index (χ3n) is 7.18. The van der Waals surface area contributed by atoms with Crippen LogP contribution in [0.3, 0.4) is 0 Å².